The Bertz CT molecular complexity index is 300. The molecule has 0 aliphatic rings. The lowest BCUT2D eigenvalue weighted by molar-refractivity contribution is -0.146. The molecule has 0 aromatic carbocycles. The molecule has 0 fully saturated rings. The molecule has 0 aromatic heterocycles. The standard InChI is InChI=1S/C10H19ClNO3P/c1-6-7-12(16(5,11)14)9(8(2)3)10(13)15-4/h6,8-9H,1,7H2,2-5H3/t9-,16?/m0/s1. The molecule has 0 rings (SSSR count). The maximum absolute atomic E-state index is 11.9. The number of nitrogens with zero attached hydrogens (tertiary/aromatic N) is 1. The van der Waals surface area contributed by atoms with Gasteiger partial charge in [-0.25, -0.2) is 4.67 Å². The second-order valence-corrected chi connectivity index (χ2v) is 7.85. The molecule has 16 heavy (non-hydrogen) atoms. The van der Waals surface area contributed by atoms with Gasteiger partial charge >= 0.3 is 5.97 Å². The second-order valence-electron chi connectivity index (χ2n) is 3.90. The molecule has 0 aliphatic heterocycles. The predicted octanol–water partition coefficient (Wildman–Crippen LogP) is 2.73. The molecule has 0 aromatic rings. The Morgan fingerprint density at radius 2 is 2.12 bits per heavy atom. The fraction of sp³-hybridized carbons (Fsp3) is 0.700. The number of hydrogen-bond acceptors (Lipinski definition) is 3. The van der Waals surface area contributed by atoms with Crippen molar-refractivity contribution in [2.24, 2.45) is 5.92 Å². The lowest BCUT2D eigenvalue weighted by Crippen LogP contribution is -2.42. The second kappa shape index (κ2) is 6.43. The first-order valence-corrected chi connectivity index (χ1v) is 7.99. The van der Waals surface area contributed by atoms with Crippen LogP contribution in [0, 0.1) is 5.92 Å². The Labute approximate surface area is 102 Å². The van der Waals surface area contributed by atoms with Gasteiger partial charge in [-0.3, -0.25) is 9.36 Å². The smallest absolute Gasteiger partial charge is 0.323 e. The summed E-state index contributed by atoms with van der Waals surface area (Å²) in [4.78, 5) is 11.6. The Morgan fingerprint density at radius 1 is 1.62 bits per heavy atom. The number of halogens is 1. The van der Waals surface area contributed by atoms with E-state index in [1.165, 1.54) is 18.4 Å². The normalized spacial score (nSPS) is 16.9. The van der Waals surface area contributed by atoms with E-state index < -0.39 is 18.7 Å². The first-order valence-electron chi connectivity index (χ1n) is 4.98. The van der Waals surface area contributed by atoms with Crippen molar-refractivity contribution in [2.45, 2.75) is 19.9 Å². The van der Waals surface area contributed by atoms with Crippen molar-refractivity contribution in [3.63, 3.8) is 0 Å². The van der Waals surface area contributed by atoms with Gasteiger partial charge in [0.05, 0.1) is 7.11 Å². The summed E-state index contributed by atoms with van der Waals surface area (Å²) in [7, 11) is 1.30. The predicted molar refractivity (Wildman–Crippen MR) is 66.9 cm³/mol. The molecule has 0 radical (unpaired) electrons. The molecule has 0 heterocycles. The van der Waals surface area contributed by atoms with Gasteiger partial charge in [-0.1, -0.05) is 19.9 Å². The minimum Gasteiger partial charge on any atom is -0.468 e. The summed E-state index contributed by atoms with van der Waals surface area (Å²) in [5, 5.41) is 0. The summed E-state index contributed by atoms with van der Waals surface area (Å²) in [5.74, 6) is -0.473. The Hall–Kier alpha value is -0.310. The molecular weight excluding hydrogens is 249 g/mol. The summed E-state index contributed by atoms with van der Waals surface area (Å²) in [6, 6.07) is -0.615. The summed E-state index contributed by atoms with van der Waals surface area (Å²) in [6.07, 6.45) is 1.57. The van der Waals surface area contributed by atoms with Gasteiger partial charge in [0.1, 0.15) is 6.04 Å². The van der Waals surface area contributed by atoms with Crippen molar-refractivity contribution < 1.29 is 14.1 Å². The Balaban J connectivity index is 5.18. The van der Waals surface area contributed by atoms with E-state index in [0.29, 0.717) is 0 Å². The van der Waals surface area contributed by atoms with Gasteiger partial charge in [-0.2, -0.15) is 0 Å². The minimum absolute atomic E-state index is 0.0422. The number of rotatable bonds is 6. The Morgan fingerprint density at radius 3 is 2.38 bits per heavy atom. The fourth-order valence-electron chi connectivity index (χ4n) is 1.47. The molecule has 0 saturated carbocycles. The van der Waals surface area contributed by atoms with Crippen LogP contribution in [0.5, 0.6) is 0 Å². The molecule has 6 heteroatoms. The van der Waals surface area contributed by atoms with Gasteiger partial charge < -0.3 is 4.74 Å². The molecule has 1 unspecified atom stereocenters. The van der Waals surface area contributed by atoms with E-state index in [4.69, 9.17) is 16.0 Å². The molecule has 0 saturated heterocycles. The minimum atomic E-state index is -3.04. The average molecular weight is 268 g/mol. The van der Waals surface area contributed by atoms with E-state index in [-0.39, 0.29) is 12.5 Å². The van der Waals surface area contributed by atoms with Crippen molar-refractivity contribution in [2.75, 3.05) is 20.3 Å². The Kier molecular flexibility index (Phi) is 6.31. The summed E-state index contributed by atoms with van der Waals surface area (Å²) < 4.78 is 18.1. The van der Waals surface area contributed by atoms with E-state index in [1.807, 2.05) is 13.8 Å². The molecule has 0 N–H and O–H groups in total. The molecular formula is C10H19ClNO3P. The van der Waals surface area contributed by atoms with Gasteiger partial charge in [-0.05, 0) is 17.2 Å². The van der Waals surface area contributed by atoms with E-state index in [1.54, 1.807) is 6.08 Å². The number of carbonyl (C=O) groups excluding carboxylic acids is 1. The highest BCUT2D eigenvalue weighted by Crippen LogP contribution is 2.53. The largest absolute Gasteiger partial charge is 0.468 e. The zero-order valence-electron chi connectivity index (χ0n) is 10.1. The van der Waals surface area contributed by atoms with Crippen LogP contribution < -0.4 is 0 Å². The van der Waals surface area contributed by atoms with Gasteiger partial charge in [-0.15, -0.1) is 6.58 Å². The summed E-state index contributed by atoms with van der Waals surface area (Å²) >= 11 is 5.84. The maximum atomic E-state index is 11.9. The molecule has 0 spiro atoms. The monoisotopic (exact) mass is 267 g/mol. The number of ether oxygens (including phenoxy) is 1. The number of esters is 1. The van der Waals surface area contributed by atoms with Gasteiger partial charge in [0.2, 0.25) is 6.65 Å². The van der Waals surface area contributed by atoms with Crippen molar-refractivity contribution in [3.8, 4) is 0 Å². The highest BCUT2D eigenvalue weighted by molar-refractivity contribution is 7.86. The van der Waals surface area contributed by atoms with Crippen molar-refractivity contribution in [3.05, 3.63) is 12.7 Å². The molecule has 4 nitrogen and oxygen atoms in total. The topological polar surface area (TPSA) is 46.6 Å². The third-order valence-corrected chi connectivity index (χ3v) is 4.08. The van der Waals surface area contributed by atoms with Crippen LogP contribution >= 0.6 is 17.9 Å². The van der Waals surface area contributed by atoms with E-state index in [2.05, 4.69) is 6.58 Å². The molecule has 94 valence electrons. The van der Waals surface area contributed by atoms with Gasteiger partial charge in [0, 0.05) is 13.2 Å². The fourth-order valence-corrected chi connectivity index (χ4v) is 3.15. The van der Waals surface area contributed by atoms with Crippen LogP contribution in [0.15, 0.2) is 12.7 Å². The van der Waals surface area contributed by atoms with Crippen LogP contribution in [0.3, 0.4) is 0 Å². The van der Waals surface area contributed by atoms with Gasteiger partial charge in [0.15, 0.2) is 0 Å². The van der Waals surface area contributed by atoms with Crippen molar-refractivity contribution >= 4 is 23.9 Å². The molecule has 0 bridgehead atoms. The summed E-state index contributed by atoms with van der Waals surface area (Å²) in [6.45, 7) is 5.93. The SMILES string of the molecule is C=CCN([C@H](C(=O)OC)C(C)C)P(C)(=O)Cl. The van der Waals surface area contributed by atoms with Crippen LogP contribution in [0.2, 0.25) is 0 Å². The van der Waals surface area contributed by atoms with E-state index in [0.717, 1.165) is 0 Å². The molecule has 0 aliphatic carbocycles. The van der Waals surface area contributed by atoms with Crippen LogP contribution in [0.4, 0.5) is 0 Å². The number of methoxy groups -OCH3 is 1. The zero-order chi connectivity index (χ0) is 12.9. The first kappa shape index (κ1) is 15.7. The van der Waals surface area contributed by atoms with E-state index in [9.17, 15) is 9.36 Å². The quantitative estimate of drug-likeness (QED) is 0.422. The molecule has 0 amide bonds. The zero-order valence-corrected chi connectivity index (χ0v) is 11.8. The number of carbonyl (C=O) groups is 1. The van der Waals surface area contributed by atoms with Crippen molar-refractivity contribution in [1.29, 1.82) is 0 Å². The third-order valence-electron chi connectivity index (χ3n) is 2.17. The summed E-state index contributed by atoms with van der Waals surface area (Å²) in [5.41, 5.74) is 0. The average Bonchev–Trinajstić information content (AvgIpc) is 2.14. The highest BCUT2D eigenvalue weighted by atomic mass is 35.7. The highest BCUT2D eigenvalue weighted by Gasteiger charge is 2.36. The lowest BCUT2D eigenvalue weighted by atomic mass is 10.0. The van der Waals surface area contributed by atoms with Crippen LogP contribution in [0.1, 0.15) is 13.8 Å². The van der Waals surface area contributed by atoms with Crippen molar-refractivity contribution in [1.82, 2.24) is 4.67 Å². The van der Waals surface area contributed by atoms with Crippen LogP contribution in [-0.2, 0) is 14.1 Å². The lowest BCUT2D eigenvalue weighted by Gasteiger charge is -2.32. The van der Waals surface area contributed by atoms with Gasteiger partial charge in [0.25, 0.3) is 0 Å². The van der Waals surface area contributed by atoms with E-state index >= 15 is 0 Å². The van der Waals surface area contributed by atoms with Crippen LogP contribution in [-0.4, -0.2) is 37.0 Å². The first-order chi connectivity index (χ1) is 7.25. The number of hydrogen-bond donors (Lipinski definition) is 0. The third kappa shape index (κ3) is 4.28. The van der Waals surface area contributed by atoms with Crippen LogP contribution in [0.25, 0.3) is 0 Å². The maximum Gasteiger partial charge on any atom is 0.323 e. The molecule has 2 atom stereocenters.